The van der Waals surface area contributed by atoms with E-state index in [0.717, 1.165) is 5.56 Å². The van der Waals surface area contributed by atoms with Crippen molar-refractivity contribution >= 4 is 5.78 Å². The highest BCUT2D eigenvalue weighted by Crippen LogP contribution is 2.36. The Balaban J connectivity index is 2.04. The lowest BCUT2D eigenvalue weighted by atomic mass is 9.80. The molecule has 1 unspecified atom stereocenters. The molecule has 0 N–H and O–H groups in total. The summed E-state index contributed by atoms with van der Waals surface area (Å²) >= 11 is 0. The van der Waals surface area contributed by atoms with Crippen LogP contribution in [0.25, 0.3) is 0 Å². The van der Waals surface area contributed by atoms with Crippen molar-refractivity contribution in [3.05, 3.63) is 35.9 Å². The molecule has 0 radical (unpaired) electrons. The highest BCUT2D eigenvalue weighted by molar-refractivity contribution is 5.96. The third-order valence-electron chi connectivity index (χ3n) is 3.59. The van der Waals surface area contributed by atoms with Gasteiger partial charge in [-0.1, -0.05) is 44.2 Å². The number of hydrogen-bond donors (Lipinski definition) is 0. The van der Waals surface area contributed by atoms with E-state index in [2.05, 4.69) is 13.8 Å². The summed E-state index contributed by atoms with van der Waals surface area (Å²) in [6.07, 6.45) is 0.413. The molecule has 19 heavy (non-hydrogen) atoms. The van der Waals surface area contributed by atoms with Crippen LogP contribution in [0.15, 0.2) is 30.3 Å². The predicted molar refractivity (Wildman–Crippen MR) is 74.1 cm³/mol. The van der Waals surface area contributed by atoms with Gasteiger partial charge in [0.15, 0.2) is 11.6 Å². The summed E-state index contributed by atoms with van der Waals surface area (Å²) in [7, 11) is 0. The number of ketones is 1. The summed E-state index contributed by atoms with van der Waals surface area (Å²) in [4.78, 5) is 12.3. The van der Waals surface area contributed by atoms with E-state index in [1.54, 1.807) is 0 Å². The third kappa shape index (κ3) is 3.43. The van der Waals surface area contributed by atoms with Crippen molar-refractivity contribution < 1.29 is 14.3 Å². The maximum atomic E-state index is 12.3. The number of Topliss-reactive ketones (excluding diaryl/α,β-unsaturated/α-hetero) is 1. The molecule has 1 aromatic carbocycles. The van der Waals surface area contributed by atoms with Crippen LogP contribution in [0.1, 0.15) is 44.5 Å². The fraction of sp³-hybridized carbons (Fsp3) is 0.562. The molecule has 1 heterocycles. The van der Waals surface area contributed by atoms with E-state index >= 15 is 0 Å². The average Bonchev–Trinajstić information content (AvgIpc) is 2.71. The molecule has 1 aliphatic rings. The van der Waals surface area contributed by atoms with Crippen LogP contribution in [0.2, 0.25) is 0 Å². The van der Waals surface area contributed by atoms with Gasteiger partial charge in [-0.25, -0.2) is 0 Å². The van der Waals surface area contributed by atoms with Crippen LogP contribution in [0.3, 0.4) is 0 Å². The van der Waals surface area contributed by atoms with Crippen LogP contribution in [0.5, 0.6) is 0 Å². The molecule has 1 aliphatic heterocycles. The largest absolute Gasteiger partial charge is 0.348 e. The molecule has 0 aromatic heterocycles. The van der Waals surface area contributed by atoms with Gasteiger partial charge in [0.1, 0.15) is 0 Å². The van der Waals surface area contributed by atoms with Gasteiger partial charge < -0.3 is 9.47 Å². The minimum Gasteiger partial charge on any atom is -0.348 e. The lowest BCUT2D eigenvalue weighted by Gasteiger charge is -2.30. The van der Waals surface area contributed by atoms with Crippen LogP contribution in [-0.4, -0.2) is 24.3 Å². The van der Waals surface area contributed by atoms with Crippen molar-refractivity contribution in [2.24, 2.45) is 5.41 Å². The molecule has 3 nitrogen and oxygen atoms in total. The van der Waals surface area contributed by atoms with E-state index in [-0.39, 0.29) is 17.3 Å². The Hall–Kier alpha value is -1.19. The zero-order valence-electron chi connectivity index (χ0n) is 12.1. The molecule has 2 rings (SSSR count). The van der Waals surface area contributed by atoms with Crippen molar-refractivity contribution in [3.8, 4) is 0 Å². The van der Waals surface area contributed by atoms with Gasteiger partial charge in [0.2, 0.25) is 0 Å². The van der Waals surface area contributed by atoms with Gasteiger partial charge in [-0.15, -0.1) is 0 Å². The third-order valence-corrected chi connectivity index (χ3v) is 3.59. The lowest BCUT2D eigenvalue weighted by Crippen LogP contribution is -2.35. The Morgan fingerprint density at radius 2 is 1.95 bits per heavy atom. The monoisotopic (exact) mass is 262 g/mol. The van der Waals surface area contributed by atoms with Gasteiger partial charge in [-0.2, -0.15) is 0 Å². The SMILES string of the molecule is CC1(C)OCC(C(C)(C)CC(=O)c2ccccc2)O1. The summed E-state index contributed by atoms with van der Waals surface area (Å²) in [6.45, 7) is 8.47. The molecule has 104 valence electrons. The second kappa shape index (κ2) is 5.06. The summed E-state index contributed by atoms with van der Waals surface area (Å²) < 4.78 is 11.5. The van der Waals surface area contributed by atoms with Crippen molar-refractivity contribution in [2.75, 3.05) is 6.61 Å². The Labute approximate surface area is 114 Å². The second-order valence-corrected chi connectivity index (χ2v) is 6.27. The first kappa shape index (κ1) is 14.2. The molecule has 1 aromatic rings. The van der Waals surface area contributed by atoms with Gasteiger partial charge in [0, 0.05) is 17.4 Å². The normalized spacial score (nSPS) is 22.4. The minimum absolute atomic E-state index is 0.0461. The van der Waals surface area contributed by atoms with Gasteiger partial charge >= 0.3 is 0 Å². The van der Waals surface area contributed by atoms with E-state index < -0.39 is 5.79 Å². The average molecular weight is 262 g/mol. The Morgan fingerprint density at radius 3 is 2.47 bits per heavy atom. The van der Waals surface area contributed by atoms with E-state index in [9.17, 15) is 4.79 Å². The smallest absolute Gasteiger partial charge is 0.163 e. The Kier molecular flexibility index (Phi) is 3.79. The predicted octanol–water partition coefficient (Wildman–Crippen LogP) is 3.44. The van der Waals surface area contributed by atoms with E-state index in [1.165, 1.54) is 0 Å². The maximum Gasteiger partial charge on any atom is 0.163 e. The molecule has 0 amide bonds. The molecule has 1 atom stereocenters. The minimum atomic E-state index is -0.544. The Bertz CT molecular complexity index is 448. The van der Waals surface area contributed by atoms with Crippen molar-refractivity contribution in [1.29, 1.82) is 0 Å². The van der Waals surface area contributed by atoms with Crippen LogP contribution < -0.4 is 0 Å². The first-order valence-electron chi connectivity index (χ1n) is 6.70. The van der Waals surface area contributed by atoms with Gasteiger partial charge in [0.05, 0.1) is 12.7 Å². The lowest BCUT2D eigenvalue weighted by molar-refractivity contribution is -0.151. The molecule has 0 aliphatic carbocycles. The van der Waals surface area contributed by atoms with Crippen molar-refractivity contribution in [2.45, 2.75) is 46.0 Å². The molecule has 1 fully saturated rings. The summed E-state index contributed by atoms with van der Waals surface area (Å²) in [5.41, 5.74) is 0.523. The van der Waals surface area contributed by atoms with Crippen LogP contribution in [0.4, 0.5) is 0 Å². The summed E-state index contributed by atoms with van der Waals surface area (Å²) in [6, 6.07) is 9.40. The molecule has 0 bridgehead atoms. The number of carbonyl (C=O) groups is 1. The zero-order valence-corrected chi connectivity index (χ0v) is 12.1. The van der Waals surface area contributed by atoms with Gasteiger partial charge in [-0.05, 0) is 13.8 Å². The second-order valence-electron chi connectivity index (χ2n) is 6.27. The highest BCUT2D eigenvalue weighted by atomic mass is 16.7. The fourth-order valence-electron chi connectivity index (χ4n) is 2.33. The van der Waals surface area contributed by atoms with Crippen molar-refractivity contribution in [1.82, 2.24) is 0 Å². The Morgan fingerprint density at radius 1 is 1.32 bits per heavy atom. The zero-order chi connectivity index (χ0) is 14.1. The number of ether oxygens (including phenoxy) is 2. The van der Waals surface area contributed by atoms with Crippen molar-refractivity contribution in [3.63, 3.8) is 0 Å². The fourth-order valence-corrected chi connectivity index (χ4v) is 2.33. The first-order valence-corrected chi connectivity index (χ1v) is 6.70. The van der Waals surface area contributed by atoms with E-state index in [4.69, 9.17) is 9.47 Å². The number of hydrogen-bond acceptors (Lipinski definition) is 3. The van der Waals surface area contributed by atoms with E-state index in [0.29, 0.717) is 13.0 Å². The quantitative estimate of drug-likeness (QED) is 0.780. The standard InChI is InChI=1S/C16H22O3/c1-15(2,14-11-18-16(3,4)19-14)10-13(17)12-8-6-5-7-9-12/h5-9,14H,10-11H2,1-4H3. The summed E-state index contributed by atoms with van der Waals surface area (Å²) in [5, 5.41) is 0. The number of benzene rings is 1. The van der Waals surface area contributed by atoms with Crippen LogP contribution in [-0.2, 0) is 9.47 Å². The van der Waals surface area contributed by atoms with Crippen LogP contribution >= 0.6 is 0 Å². The molecule has 0 spiro atoms. The molecular weight excluding hydrogens is 240 g/mol. The topological polar surface area (TPSA) is 35.5 Å². The maximum absolute atomic E-state index is 12.3. The first-order chi connectivity index (χ1) is 8.80. The number of carbonyl (C=O) groups excluding carboxylic acids is 1. The van der Waals surface area contributed by atoms with Gasteiger partial charge in [-0.3, -0.25) is 4.79 Å². The van der Waals surface area contributed by atoms with Crippen LogP contribution in [0, 0.1) is 5.41 Å². The molecule has 0 saturated carbocycles. The molecule has 1 saturated heterocycles. The van der Waals surface area contributed by atoms with Gasteiger partial charge in [0.25, 0.3) is 0 Å². The molecule has 3 heteroatoms. The van der Waals surface area contributed by atoms with E-state index in [1.807, 2.05) is 44.2 Å². The summed E-state index contributed by atoms with van der Waals surface area (Å²) in [5.74, 6) is -0.392. The number of rotatable bonds is 4. The highest BCUT2D eigenvalue weighted by Gasteiger charge is 2.42. The molecular formula is C16H22O3.